The second-order valence-corrected chi connectivity index (χ2v) is 41.3. The van der Waals surface area contributed by atoms with E-state index < -0.39 is 103 Å². The Bertz CT molecular complexity index is 4310. The average Bonchev–Trinajstić information content (AvgIpc) is 0.803. The average molecular weight is 1900 g/mol. The highest BCUT2D eigenvalue weighted by atomic mass is 79.9. The van der Waals surface area contributed by atoms with Gasteiger partial charge in [-0.3, -0.25) is 38.4 Å². The third-order valence-electron chi connectivity index (χ3n) is 30.3. The first-order valence-corrected chi connectivity index (χ1v) is 46.5. The van der Waals surface area contributed by atoms with Crippen LogP contribution >= 0.6 is 15.9 Å². The van der Waals surface area contributed by atoms with Gasteiger partial charge in [0.05, 0.1) is 84.3 Å². The molecule has 1 atom stereocenters. The van der Waals surface area contributed by atoms with E-state index >= 15 is 0 Å². The number of ether oxygens (including phenoxy) is 10. The van der Waals surface area contributed by atoms with Crippen LogP contribution in [0.1, 0.15) is 317 Å². The predicted octanol–water partition coefficient (Wildman–Crippen LogP) is 17.9. The van der Waals surface area contributed by atoms with Crippen LogP contribution in [0, 0.1) is 83.6 Å². The van der Waals surface area contributed by atoms with Crippen molar-refractivity contribution in [2.75, 3.05) is 60.2 Å². The van der Waals surface area contributed by atoms with E-state index in [1.54, 1.807) is 0 Å². The molecule has 33 heteroatoms. The van der Waals surface area contributed by atoms with E-state index in [4.69, 9.17) is 55.2 Å². The molecule has 0 amide bonds. The van der Waals surface area contributed by atoms with Crippen molar-refractivity contribution in [2.24, 2.45) is 48.7 Å². The van der Waals surface area contributed by atoms with Gasteiger partial charge < -0.3 is 67.8 Å². The molecule has 12 bridgehead atoms. The number of ketones is 1. The van der Waals surface area contributed by atoms with Crippen molar-refractivity contribution in [3.63, 3.8) is 0 Å². The molecule has 3 aromatic rings. The van der Waals surface area contributed by atoms with Crippen molar-refractivity contribution in [1.82, 2.24) is 0 Å². The maximum atomic E-state index is 13.4. The molecule has 3 aromatic carbocycles. The highest BCUT2D eigenvalue weighted by Crippen LogP contribution is 2.62. The number of esters is 8. The Morgan fingerprint density at radius 3 is 0.931 bits per heavy atom. The molecule has 25 nitrogen and oxygen atoms in total. The Morgan fingerprint density at radius 1 is 0.400 bits per heavy atom. The first-order valence-electron chi connectivity index (χ1n) is 45.4. The summed E-state index contributed by atoms with van der Waals surface area (Å²) in [6, 6.07) is 8.28. The highest BCUT2D eigenvalue weighted by Gasteiger charge is 2.61. The van der Waals surface area contributed by atoms with Gasteiger partial charge in [-0.2, -0.15) is 0 Å². The zero-order chi connectivity index (χ0) is 96.0. The minimum absolute atomic E-state index is 0.0148. The van der Waals surface area contributed by atoms with Crippen LogP contribution in [0.2, 0.25) is 0 Å². The van der Waals surface area contributed by atoms with Crippen LogP contribution in [0.15, 0.2) is 54.6 Å². The number of methoxy groups -OCH3 is 4. The molecule has 130 heavy (non-hydrogen) atoms. The first-order chi connectivity index (χ1) is 60.9. The quantitative estimate of drug-likeness (QED) is 0.0229. The molecule has 720 valence electrons. The number of fused-ring (bicyclic) bond motifs is 18. The number of aliphatic carboxylic acids is 2. The number of halogens is 7. The molecular weight excluding hydrogens is 1770 g/mol. The number of benzene rings is 3. The summed E-state index contributed by atoms with van der Waals surface area (Å²) < 4.78 is 131. The van der Waals surface area contributed by atoms with Gasteiger partial charge in [-0.05, 0) is 333 Å². The molecule has 18 saturated carbocycles. The van der Waals surface area contributed by atoms with Gasteiger partial charge in [0, 0.05) is 48.4 Å². The number of carboxylic acids is 2. The molecule has 0 aromatic heterocycles. The summed E-state index contributed by atoms with van der Waals surface area (Å²) in [5.74, 6) is -8.93. The fourth-order valence-corrected chi connectivity index (χ4v) is 21.7. The summed E-state index contributed by atoms with van der Waals surface area (Å²) in [6.07, 6.45) is 27.2. The summed E-state index contributed by atoms with van der Waals surface area (Å²) >= 11 is 2.99. The molecule has 19 aliphatic rings. The van der Waals surface area contributed by atoms with E-state index in [-0.39, 0.29) is 116 Å². The van der Waals surface area contributed by atoms with Crippen LogP contribution in [0.4, 0.5) is 26.3 Å². The fraction of sp³-hybridized carbons (Fsp3) is 0.701. The molecule has 1 unspecified atom stereocenters. The third-order valence-corrected chi connectivity index (χ3v) is 30.7. The predicted molar refractivity (Wildman–Crippen MR) is 464 cm³/mol. The maximum absolute atomic E-state index is 13.4. The zero-order valence-electron chi connectivity index (χ0n) is 76.8. The molecule has 1 aliphatic heterocycles. The molecule has 2 radical (unpaired) electrons. The summed E-state index contributed by atoms with van der Waals surface area (Å²) in [6.45, 7) is 12.8. The van der Waals surface area contributed by atoms with Gasteiger partial charge in [-0.15, -0.1) is 0 Å². The number of carbonyl (C=O) groups is 11. The van der Waals surface area contributed by atoms with E-state index in [2.05, 4.69) is 15.9 Å². The number of Topliss-reactive ketones (excluding diaryl/α,β-unsaturated/α-hetero) is 1. The number of alkyl halides is 1. The highest BCUT2D eigenvalue weighted by molar-refractivity contribution is 9.09. The van der Waals surface area contributed by atoms with Crippen molar-refractivity contribution >= 4 is 89.3 Å². The SMILES string of the molecule is CC(C)(C)OC(=O)CBr.CC(C)(C)OC(=O)COCC12CCC(O)(CC1)CC2.COC(=O)C12CCC(C(=O)O)(CC1)CC2.COC(=O)C12CCC(C(=O)OC)(CC1)CC2.COC(=O)C12CCC(C(=O)c3cc(F)cc(F)c3)(CC1)CC2.O=C(OC12CCC(C(=O)O)(CC1)CC2)c1cc(F)cc(F)c1.O=C(OC12CCC(CO)(CC1)CC2)c1cc(F)cc(F)c1.[B]C1CCCO1. The molecule has 1 saturated heterocycles. The lowest BCUT2D eigenvalue weighted by Gasteiger charge is -2.51. The Kier molecular flexibility index (Phi) is 35.1. The fourth-order valence-electron chi connectivity index (χ4n) is 21.6. The molecule has 18 aliphatic carbocycles. The maximum Gasteiger partial charge on any atom is 0.338 e. The Labute approximate surface area is 766 Å². The van der Waals surface area contributed by atoms with Crippen molar-refractivity contribution in [2.45, 2.75) is 320 Å². The monoisotopic (exact) mass is 1900 g/mol. The molecule has 1 heterocycles. The number of rotatable bonds is 18. The summed E-state index contributed by atoms with van der Waals surface area (Å²) in [4.78, 5) is 129. The lowest BCUT2D eigenvalue weighted by molar-refractivity contribution is -0.174. The smallest absolute Gasteiger partial charge is 0.338 e. The number of carboxylic acid groups (broad SMARTS) is 2. The summed E-state index contributed by atoms with van der Waals surface area (Å²) in [7, 11) is 11.0. The van der Waals surface area contributed by atoms with Gasteiger partial charge in [-0.25, -0.2) is 40.7 Å². The largest absolute Gasteiger partial charge is 0.481 e. The van der Waals surface area contributed by atoms with Gasteiger partial charge in [0.2, 0.25) is 0 Å². The Balaban J connectivity index is 0.000000171. The zero-order valence-corrected chi connectivity index (χ0v) is 78.4. The minimum atomic E-state index is -0.832. The van der Waals surface area contributed by atoms with Crippen LogP contribution in [-0.2, 0) is 85.7 Å². The van der Waals surface area contributed by atoms with Crippen molar-refractivity contribution < 1.29 is 147 Å². The van der Waals surface area contributed by atoms with Crippen molar-refractivity contribution in [3.8, 4) is 0 Å². The second kappa shape index (κ2) is 43.1. The number of carbonyl (C=O) groups excluding carboxylic acids is 9. The van der Waals surface area contributed by atoms with E-state index in [1.165, 1.54) is 28.4 Å². The van der Waals surface area contributed by atoms with Crippen LogP contribution in [0.5, 0.6) is 0 Å². The molecule has 22 rings (SSSR count). The Hall–Kier alpha value is -8.01. The van der Waals surface area contributed by atoms with Crippen LogP contribution in [0.25, 0.3) is 0 Å². The number of aliphatic hydroxyl groups is 2. The van der Waals surface area contributed by atoms with Crippen LogP contribution < -0.4 is 0 Å². The molecule has 19 fully saturated rings. The number of hydrogen-bond donors (Lipinski definition) is 4. The third kappa shape index (κ3) is 26.1. The molecule has 4 N–H and O–H groups in total. The van der Waals surface area contributed by atoms with E-state index in [0.717, 1.165) is 164 Å². The van der Waals surface area contributed by atoms with Crippen LogP contribution in [0.3, 0.4) is 0 Å². The number of aliphatic hydroxyl groups excluding tert-OH is 1. The minimum Gasteiger partial charge on any atom is -0.481 e. The molecular formula is C97H130BBrF6O25. The van der Waals surface area contributed by atoms with Crippen LogP contribution in [-0.4, -0.2) is 188 Å². The van der Waals surface area contributed by atoms with Gasteiger partial charge in [-0.1, -0.05) is 15.9 Å². The van der Waals surface area contributed by atoms with E-state index in [1.807, 2.05) is 41.5 Å². The lowest BCUT2D eigenvalue weighted by Crippen LogP contribution is -2.51. The summed E-state index contributed by atoms with van der Waals surface area (Å²) in [5, 5.41) is 38.4. The lowest BCUT2D eigenvalue weighted by atomic mass is 9.52. The van der Waals surface area contributed by atoms with Gasteiger partial charge in [0.1, 0.15) is 77.1 Å². The standard InChI is InChI=1S/C17H18F2O3.C16H16F2O4.C16H18F2O3.C15H26O4.C12H18O4.C11H16O4.C6H11BrO2.C4H7BO/c1-22-15(21)17-5-2-16(3-6-17,4-7-17)14(20)11-8-12(18)10-13(19)9-11;17-11-7-10(8-12(18)9-11)13(19)22-16-4-1-15(2-5-16,3-6-16)14(20)21;17-12-7-11(8-13(18)9-12)14(20)21-16-4-1-15(10-19,2-5-16)3-6-16;1-13(2,3)19-12(16)10-18-11-14-4-7-15(17,8-5-14)9-6-14;1-15-9(13)11-3-6-12(7-4-11,8-5-11)10(14)16-2;1-15-9(14)11-5-2-10(3-6-11,4-7-11)8(12)13;1-6(2,3)9-5(8)4-7;5-4-2-1-3-6-4/h8-10H,2-7H2,1H3;7-9H,1-6H2,(H,20,21);7-9,19H,1-6,10H2;17H,4-11H2,1-3H3;3-8H2,1-2H3;2-7H2,1H3,(H,12,13);4H2,1-3H3;4H,1-3H2. The summed E-state index contributed by atoms with van der Waals surface area (Å²) in [5.41, 5.74) is -5.73. The molecule has 0 spiro atoms. The second-order valence-electron chi connectivity index (χ2n) is 40.7. The normalized spacial score (nSPS) is 31.6. The number of hydrogen-bond acceptors (Lipinski definition) is 23. The Morgan fingerprint density at radius 2 is 0.677 bits per heavy atom. The van der Waals surface area contributed by atoms with Gasteiger partial charge >= 0.3 is 59.7 Å². The van der Waals surface area contributed by atoms with Gasteiger partial charge in [0.15, 0.2) is 5.78 Å². The van der Waals surface area contributed by atoms with Crippen molar-refractivity contribution in [1.29, 1.82) is 0 Å². The van der Waals surface area contributed by atoms with E-state index in [9.17, 15) is 99.5 Å². The first kappa shape index (κ1) is 106. The van der Waals surface area contributed by atoms with Crippen molar-refractivity contribution in [3.05, 3.63) is 106 Å². The van der Waals surface area contributed by atoms with E-state index in [0.29, 0.717) is 148 Å². The topological polar surface area (TPSA) is 361 Å². The van der Waals surface area contributed by atoms with Gasteiger partial charge in [0.25, 0.3) is 0 Å².